The summed E-state index contributed by atoms with van der Waals surface area (Å²) < 4.78 is 0. The average Bonchev–Trinajstić information content (AvgIpc) is 3.27. The molecule has 0 fully saturated rings. The number of imidazole rings is 1. The standard InChI is InChI=1S/C19H24N6O/c1-13-17(14(2)24-23-13)8-5-9-25(3)19(26)22-16-7-4-6-15(10-16)18-11-20-12-21-18/h4,6-7,10-12H,5,8-9H2,1-3H3,(H,20,21)(H,22,26)(H,23,24). The number of urea groups is 1. The van der Waals surface area contributed by atoms with Crippen molar-refractivity contribution in [3.8, 4) is 11.3 Å². The van der Waals surface area contributed by atoms with E-state index >= 15 is 0 Å². The van der Waals surface area contributed by atoms with Crippen molar-refractivity contribution in [1.82, 2.24) is 25.1 Å². The van der Waals surface area contributed by atoms with Crippen LogP contribution in [0.3, 0.4) is 0 Å². The zero-order valence-electron chi connectivity index (χ0n) is 15.3. The third-order valence-electron chi connectivity index (χ3n) is 4.47. The maximum atomic E-state index is 12.4. The van der Waals surface area contributed by atoms with E-state index in [1.54, 1.807) is 17.4 Å². The normalized spacial score (nSPS) is 10.7. The third-order valence-corrected chi connectivity index (χ3v) is 4.47. The van der Waals surface area contributed by atoms with Gasteiger partial charge in [-0.05, 0) is 44.4 Å². The number of nitrogens with one attached hydrogen (secondary N) is 3. The van der Waals surface area contributed by atoms with Crippen molar-refractivity contribution < 1.29 is 4.79 Å². The van der Waals surface area contributed by atoms with E-state index in [1.807, 2.05) is 45.2 Å². The summed E-state index contributed by atoms with van der Waals surface area (Å²) in [4.78, 5) is 21.2. The van der Waals surface area contributed by atoms with Crippen molar-refractivity contribution in [2.75, 3.05) is 18.9 Å². The Morgan fingerprint density at radius 3 is 2.85 bits per heavy atom. The maximum Gasteiger partial charge on any atom is 0.321 e. The van der Waals surface area contributed by atoms with Crippen LogP contribution in [0.4, 0.5) is 10.5 Å². The Bertz CT molecular complexity index is 849. The van der Waals surface area contributed by atoms with Gasteiger partial charge in [0.25, 0.3) is 0 Å². The van der Waals surface area contributed by atoms with Gasteiger partial charge in [-0.3, -0.25) is 5.10 Å². The van der Waals surface area contributed by atoms with Crippen molar-refractivity contribution in [2.45, 2.75) is 26.7 Å². The molecule has 3 rings (SSSR count). The van der Waals surface area contributed by atoms with Crippen molar-refractivity contribution in [2.24, 2.45) is 0 Å². The Balaban J connectivity index is 1.53. The highest BCUT2D eigenvalue weighted by Gasteiger charge is 2.11. The number of carbonyl (C=O) groups is 1. The number of hydrogen-bond acceptors (Lipinski definition) is 3. The SMILES string of the molecule is Cc1n[nH]c(C)c1CCCN(C)C(=O)Nc1cccc(-c2cnc[nH]2)c1. The number of amides is 2. The van der Waals surface area contributed by atoms with Crippen LogP contribution in [0.15, 0.2) is 36.8 Å². The summed E-state index contributed by atoms with van der Waals surface area (Å²) in [5.41, 5.74) is 6.03. The number of carbonyl (C=O) groups excluding carboxylic acids is 1. The van der Waals surface area contributed by atoms with Gasteiger partial charge in [-0.1, -0.05) is 12.1 Å². The minimum absolute atomic E-state index is 0.118. The second-order valence-electron chi connectivity index (χ2n) is 6.41. The van der Waals surface area contributed by atoms with Crippen LogP contribution in [0, 0.1) is 13.8 Å². The number of H-pyrrole nitrogens is 2. The van der Waals surface area contributed by atoms with Crippen LogP contribution in [0.5, 0.6) is 0 Å². The van der Waals surface area contributed by atoms with E-state index in [1.165, 1.54) is 5.56 Å². The lowest BCUT2D eigenvalue weighted by molar-refractivity contribution is 0.222. The second-order valence-corrected chi connectivity index (χ2v) is 6.41. The Morgan fingerprint density at radius 2 is 2.15 bits per heavy atom. The van der Waals surface area contributed by atoms with Crippen LogP contribution in [0.2, 0.25) is 0 Å². The first-order valence-corrected chi connectivity index (χ1v) is 8.66. The first kappa shape index (κ1) is 17.7. The summed E-state index contributed by atoms with van der Waals surface area (Å²) in [5.74, 6) is 0. The minimum Gasteiger partial charge on any atom is -0.345 e. The molecular weight excluding hydrogens is 328 g/mol. The van der Waals surface area contributed by atoms with Crippen LogP contribution < -0.4 is 5.32 Å². The molecule has 1 aromatic carbocycles. The van der Waals surface area contributed by atoms with Crippen LogP contribution in [-0.2, 0) is 6.42 Å². The Morgan fingerprint density at radius 1 is 1.31 bits per heavy atom. The van der Waals surface area contributed by atoms with Crippen LogP contribution in [-0.4, -0.2) is 44.7 Å². The molecule has 0 spiro atoms. The first-order valence-electron chi connectivity index (χ1n) is 8.66. The van der Waals surface area contributed by atoms with Gasteiger partial charge in [-0.25, -0.2) is 9.78 Å². The molecule has 3 N–H and O–H groups in total. The third kappa shape index (κ3) is 4.11. The largest absolute Gasteiger partial charge is 0.345 e. The summed E-state index contributed by atoms with van der Waals surface area (Å²) in [6.07, 6.45) is 5.19. The molecule has 0 aliphatic heterocycles. The quantitative estimate of drug-likeness (QED) is 0.634. The molecule has 0 aliphatic rings. The lowest BCUT2D eigenvalue weighted by Crippen LogP contribution is -2.32. The highest BCUT2D eigenvalue weighted by Crippen LogP contribution is 2.20. The number of nitrogens with zero attached hydrogens (tertiary/aromatic N) is 3. The molecule has 3 aromatic rings. The van der Waals surface area contributed by atoms with Gasteiger partial charge in [0.15, 0.2) is 0 Å². The fraction of sp³-hybridized carbons (Fsp3) is 0.316. The fourth-order valence-corrected chi connectivity index (χ4v) is 2.93. The molecule has 0 unspecified atom stereocenters. The number of aromatic amines is 2. The molecule has 2 aromatic heterocycles. The minimum atomic E-state index is -0.118. The maximum absolute atomic E-state index is 12.4. The molecule has 2 heterocycles. The monoisotopic (exact) mass is 352 g/mol. The number of anilines is 1. The molecule has 0 bridgehead atoms. The zero-order chi connectivity index (χ0) is 18.5. The molecule has 0 aliphatic carbocycles. The predicted molar refractivity (Wildman–Crippen MR) is 102 cm³/mol. The van der Waals surface area contributed by atoms with Gasteiger partial charge in [0.05, 0.1) is 23.9 Å². The van der Waals surface area contributed by atoms with E-state index in [-0.39, 0.29) is 6.03 Å². The molecule has 0 radical (unpaired) electrons. The summed E-state index contributed by atoms with van der Waals surface area (Å²) in [6.45, 7) is 4.70. The van der Waals surface area contributed by atoms with Gasteiger partial charge < -0.3 is 15.2 Å². The molecule has 136 valence electrons. The Hall–Kier alpha value is -3.09. The summed E-state index contributed by atoms with van der Waals surface area (Å²) in [7, 11) is 1.81. The molecular formula is C19H24N6O. The smallest absolute Gasteiger partial charge is 0.321 e. The number of hydrogen-bond donors (Lipinski definition) is 3. The van der Waals surface area contributed by atoms with Crippen LogP contribution in [0.25, 0.3) is 11.3 Å². The molecule has 2 amide bonds. The molecule has 7 nitrogen and oxygen atoms in total. The topological polar surface area (TPSA) is 89.7 Å². The van der Waals surface area contributed by atoms with E-state index in [0.29, 0.717) is 6.54 Å². The van der Waals surface area contributed by atoms with Crippen molar-refractivity contribution in [3.05, 3.63) is 53.7 Å². The Kier molecular flexibility index (Phi) is 5.36. The number of aromatic nitrogens is 4. The lowest BCUT2D eigenvalue weighted by Gasteiger charge is -2.18. The van der Waals surface area contributed by atoms with Crippen molar-refractivity contribution >= 4 is 11.7 Å². The van der Waals surface area contributed by atoms with Gasteiger partial charge in [0.1, 0.15) is 0 Å². The zero-order valence-corrected chi connectivity index (χ0v) is 15.3. The van der Waals surface area contributed by atoms with E-state index in [2.05, 4.69) is 25.5 Å². The van der Waals surface area contributed by atoms with Crippen molar-refractivity contribution in [1.29, 1.82) is 0 Å². The summed E-state index contributed by atoms with van der Waals surface area (Å²) >= 11 is 0. The van der Waals surface area contributed by atoms with Gasteiger partial charge in [0, 0.05) is 30.5 Å². The van der Waals surface area contributed by atoms with E-state index in [9.17, 15) is 4.79 Å². The first-order chi connectivity index (χ1) is 12.5. The predicted octanol–water partition coefficient (Wildman–Crippen LogP) is 3.51. The van der Waals surface area contributed by atoms with Crippen LogP contribution >= 0.6 is 0 Å². The fourth-order valence-electron chi connectivity index (χ4n) is 2.93. The molecule has 0 atom stereocenters. The average molecular weight is 352 g/mol. The van der Waals surface area contributed by atoms with Crippen LogP contribution in [0.1, 0.15) is 23.4 Å². The van der Waals surface area contributed by atoms with Gasteiger partial charge in [0.2, 0.25) is 0 Å². The molecule has 0 saturated carbocycles. The number of rotatable bonds is 6. The molecule has 0 saturated heterocycles. The summed E-state index contributed by atoms with van der Waals surface area (Å²) in [6, 6.07) is 7.58. The van der Waals surface area contributed by atoms with Gasteiger partial charge in [-0.15, -0.1) is 0 Å². The second kappa shape index (κ2) is 7.86. The molecule has 7 heteroatoms. The Labute approximate surface area is 152 Å². The van der Waals surface area contributed by atoms with Gasteiger partial charge in [-0.2, -0.15) is 5.10 Å². The lowest BCUT2D eigenvalue weighted by atomic mass is 10.1. The number of benzene rings is 1. The van der Waals surface area contributed by atoms with E-state index in [4.69, 9.17) is 0 Å². The number of aryl methyl sites for hydroxylation is 2. The highest BCUT2D eigenvalue weighted by atomic mass is 16.2. The van der Waals surface area contributed by atoms with E-state index < -0.39 is 0 Å². The van der Waals surface area contributed by atoms with Crippen molar-refractivity contribution in [3.63, 3.8) is 0 Å². The molecule has 26 heavy (non-hydrogen) atoms. The highest BCUT2D eigenvalue weighted by molar-refractivity contribution is 5.89. The summed E-state index contributed by atoms with van der Waals surface area (Å²) in [5, 5.41) is 10.2. The van der Waals surface area contributed by atoms with E-state index in [0.717, 1.165) is 41.2 Å². The van der Waals surface area contributed by atoms with Gasteiger partial charge >= 0.3 is 6.03 Å².